The van der Waals surface area contributed by atoms with E-state index in [4.69, 9.17) is 26.1 Å². The zero-order valence-electron chi connectivity index (χ0n) is 22.4. The third kappa shape index (κ3) is 4.99. The summed E-state index contributed by atoms with van der Waals surface area (Å²) in [5.41, 5.74) is 3.44. The predicted molar refractivity (Wildman–Crippen MR) is 155 cm³/mol. The summed E-state index contributed by atoms with van der Waals surface area (Å²) in [5, 5.41) is 4.39. The molecule has 0 spiro atoms. The smallest absolute Gasteiger partial charge is 0.261 e. The summed E-state index contributed by atoms with van der Waals surface area (Å²) in [6, 6.07) is 16.8. The second-order valence-corrected chi connectivity index (χ2v) is 10.7. The van der Waals surface area contributed by atoms with Crippen LogP contribution < -0.4 is 14.8 Å². The quantitative estimate of drug-likeness (QED) is 0.187. The fourth-order valence-corrected chi connectivity index (χ4v) is 5.74. The van der Waals surface area contributed by atoms with Crippen molar-refractivity contribution < 1.29 is 19.1 Å². The van der Waals surface area contributed by atoms with E-state index in [0.717, 1.165) is 35.6 Å². The third-order valence-electron chi connectivity index (χ3n) is 7.63. The van der Waals surface area contributed by atoms with Crippen LogP contribution in [0.15, 0.2) is 60.8 Å². The summed E-state index contributed by atoms with van der Waals surface area (Å²) >= 11 is 6.35. The van der Waals surface area contributed by atoms with E-state index in [9.17, 15) is 9.59 Å². The van der Waals surface area contributed by atoms with Gasteiger partial charge >= 0.3 is 0 Å². The topological polar surface area (TPSA) is 85.2 Å². The molecule has 1 saturated carbocycles. The lowest BCUT2D eigenvalue weighted by atomic mass is 9.95. The Morgan fingerprint density at radius 2 is 1.73 bits per heavy atom. The minimum atomic E-state index is -0.256. The van der Waals surface area contributed by atoms with Crippen LogP contribution >= 0.6 is 11.6 Å². The van der Waals surface area contributed by atoms with Crippen molar-refractivity contribution in [1.29, 1.82) is 0 Å². The van der Waals surface area contributed by atoms with Crippen LogP contribution in [0, 0.1) is 0 Å². The zero-order chi connectivity index (χ0) is 27.6. The van der Waals surface area contributed by atoms with Crippen molar-refractivity contribution in [2.24, 2.45) is 0 Å². The van der Waals surface area contributed by atoms with E-state index in [-0.39, 0.29) is 18.4 Å². The number of rotatable bonds is 9. The molecular weight excluding hydrogens is 528 g/mol. The van der Waals surface area contributed by atoms with Crippen LogP contribution in [0.25, 0.3) is 16.9 Å². The number of aromatic nitrogens is 2. The monoisotopic (exact) mass is 558 g/mol. The molecule has 206 valence electrons. The van der Waals surface area contributed by atoms with E-state index in [1.165, 1.54) is 24.2 Å². The highest BCUT2D eigenvalue weighted by atomic mass is 35.5. The van der Waals surface area contributed by atoms with Gasteiger partial charge in [-0.1, -0.05) is 43.0 Å². The summed E-state index contributed by atoms with van der Waals surface area (Å²) in [5.74, 6) is 1.57. The molecule has 2 amide bonds. The van der Waals surface area contributed by atoms with Crippen LogP contribution in [-0.2, 0) is 0 Å². The first-order valence-corrected chi connectivity index (χ1v) is 14.1. The molecule has 2 aliphatic rings. The number of imide groups is 1. The summed E-state index contributed by atoms with van der Waals surface area (Å²) in [4.78, 5) is 31.4. The number of anilines is 1. The summed E-state index contributed by atoms with van der Waals surface area (Å²) < 4.78 is 13.7. The number of hydrogen-bond donors (Lipinski definition) is 1. The molecule has 0 atom stereocenters. The van der Waals surface area contributed by atoms with Gasteiger partial charge in [-0.3, -0.25) is 18.9 Å². The van der Waals surface area contributed by atoms with Crippen molar-refractivity contribution in [2.75, 3.05) is 25.6 Å². The molecule has 1 aliphatic carbocycles. The van der Waals surface area contributed by atoms with E-state index < -0.39 is 0 Å². The molecule has 0 bridgehead atoms. The Labute approximate surface area is 237 Å². The lowest BCUT2D eigenvalue weighted by Crippen LogP contribution is -2.31. The molecule has 8 nitrogen and oxygen atoms in total. The second kappa shape index (κ2) is 11.2. The number of nitrogens with one attached hydrogen (secondary N) is 1. The first-order chi connectivity index (χ1) is 19.5. The summed E-state index contributed by atoms with van der Waals surface area (Å²) in [6.45, 7) is 0.608. The summed E-state index contributed by atoms with van der Waals surface area (Å²) in [6.07, 6.45) is 8.37. The highest BCUT2D eigenvalue weighted by Gasteiger charge is 2.34. The van der Waals surface area contributed by atoms with Crippen LogP contribution in [0.3, 0.4) is 0 Å². The molecule has 0 radical (unpaired) electrons. The van der Waals surface area contributed by atoms with Gasteiger partial charge in [0.25, 0.3) is 11.8 Å². The minimum Gasteiger partial charge on any atom is -0.493 e. The van der Waals surface area contributed by atoms with E-state index in [1.807, 2.05) is 40.9 Å². The molecule has 9 heteroatoms. The van der Waals surface area contributed by atoms with Gasteiger partial charge < -0.3 is 14.8 Å². The highest BCUT2D eigenvalue weighted by Crippen LogP contribution is 2.37. The maximum absolute atomic E-state index is 12.6. The van der Waals surface area contributed by atoms with Crippen molar-refractivity contribution in [3.8, 4) is 22.8 Å². The highest BCUT2D eigenvalue weighted by molar-refractivity contribution is 6.30. The largest absolute Gasteiger partial charge is 0.493 e. The predicted octanol–water partition coefficient (Wildman–Crippen LogP) is 6.47. The number of nitrogens with zero attached hydrogens (tertiary/aromatic N) is 3. The van der Waals surface area contributed by atoms with Crippen molar-refractivity contribution in [1.82, 2.24) is 14.3 Å². The number of carbonyl (C=O) groups excluding carboxylic acids is 2. The number of ether oxygens (including phenoxy) is 2. The number of carbonyl (C=O) groups is 2. The standard InChI is InChI=1S/C31H31ClN4O4/c1-39-26-18-20(28-29(33-22-8-3-2-4-9-22)36-19-21(32)13-15-27(36)34-28)12-14-25(26)40-17-7-16-35-30(37)23-10-5-6-11-24(23)31(35)38/h5-6,10-15,18-19,22,33H,2-4,7-9,16-17H2,1H3. The molecule has 0 unspecified atom stereocenters. The number of halogens is 1. The Hall–Kier alpha value is -4.04. The Bertz CT molecular complexity index is 1540. The molecular formula is C31H31ClN4O4. The van der Waals surface area contributed by atoms with Crippen LogP contribution in [0.4, 0.5) is 5.82 Å². The van der Waals surface area contributed by atoms with Gasteiger partial charge in [-0.15, -0.1) is 0 Å². The van der Waals surface area contributed by atoms with Gasteiger partial charge in [0, 0.05) is 24.3 Å². The second-order valence-electron chi connectivity index (χ2n) is 10.2. The van der Waals surface area contributed by atoms with Gasteiger partial charge in [0.15, 0.2) is 11.5 Å². The van der Waals surface area contributed by atoms with Crippen molar-refractivity contribution >= 4 is 34.9 Å². The van der Waals surface area contributed by atoms with Crippen molar-refractivity contribution in [2.45, 2.75) is 44.6 Å². The molecule has 1 fully saturated rings. The molecule has 4 aromatic rings. The molecule has 40 heavy (non-hydrogen) atoms. The molecule has 2 aromatic heterocycles. The minimum absolute atomic E-state index is 0.256. The normalized spacial score (nSPS) is 15.5. The number of benzene rings is 2. The van der Waals surface area contributed by atoms with Gasteiger partial charge in [-0.2, -0.15) is 0 Å². The number of fused-ring (bicyclic) bond motifs is 2. The molecule has 1 N–H and O–H groups in total. The molecule has 1 aliphatic heterocycles. The summed E-state index contributed by atoms with van der Waals surface area (Å²) in [7, 11) is 1.61. The maximum Gasteiger partial charge on any atom is 0.261 e. The van der Waals surface area contributed by atoms with Gasteiger partial charge in [0.1, 0.15) is 17.2 Å². The number of methoxy groups -OCH3 is 1. The Morgan fingerprint density at radius 3 is 2.45 bits per heavy atom. The van der Waals surface area contributed by atoms with E-state index >= 15 is 0 Å². The first kappa shape index (κ1) is 26.2. The number of imidazole rings is 1. The SMILES string of the molecule is COc1cc(-c2nc3ccc(Cl)cn3c2NC2CCCCC2)ccc1OCCCN1C(=O)c2ccccc2C1=O. The van der Waals surface area contributed by atoms with E-state index in [2.05, 4.69) is 5.32 Å². The van der Waals surface area contributed by atoms with Crippen molar-refractivity contribution in [3.05, 3.63) is 76.9 Å². The first-order valence-electron chi connectivity index (χ1n) is 13.7. The fraction of sp³-hybridized carbons (Fsp3) is 0.323. The number of pyridine rings is 1. The Kier molecular flexibility index (Phi) is 7.34. The molecule has 2 aromatic carbocycles. The van der Waals surface area contributed by atoms with Crippen LogP contribution in [0.1, 0.15) is 59.2 Å². The number of amides is 2. The Balaban J connectivity index is 1.18. The molecule has 3 heterocycles. The van der Waals surface area contributed by atoms with Crippen LogP contribution in [0.5, 0.6) is 11.5 Å². The van der Waals surface area contributed by atoms with Gasteiger partial charge in [0.2, 0.25) is 0 Å². The molecule has 6 rings (SSSR count). The maximum atomic E-state index is 12.6. The third-order valence-corrected chi connectivity index (χ3v) is 7.85. The zero-order valence-corrected chi connectivity index (χ0v) is 23.1. The fourth-order valence-electron chi connectivity index (χ4n) is 5.58. The van der Waals surface area contributed by atoms with Crippen LogP contribution in [0.2, 0.25) is 5.02 Å². The Morgan fingerprint density at radius 1 is 0.975 bits per heavy atom. The van der Waals surface area contributed by atoms with Crippen LogP contribution in [-0.4, -0.2) is 52.4 Å². The lowest BCUT2D eigenvalue weighted by molar-refractivity contribution is 0.0646. The van der Waals surface area contributed by atoms with Gasteiger partial charge in [-0.25, -0.2) is 4.98 Å². The molecule has 0 saturated heterocycles. The van der Waals surface area contributed by atoms with Gasteiger partial charge in [-0.05, 0) is 61.7 Å². The van der Waals surface area contributed by atoms with Crippen molar-refractivity contribution in [3.63, 3.8) is 0 Å². The number of hydrogen-bond acceptors (Lipinski definition) is 6. The lowest BCUT2D eigenvalue weighted by Gasteiger charge is -2.24. The van der Waals surface area contributed by atoms with E-state index in [1.54, 1.807) is 31.4 Å². The average molecular weight is 559 g/mol. The van der Waals surface area contributed by atoms with Gasteiger partial charge in [0.05, 0.1) is 29.9 Å². The van der Waals surface area contributed by atoms with E-state index in [0.29, 0.717) is 46.7 Å². The average Bonchev–Trinajstić information content (AvgIpc) is 3.45.